The molecule has 0 saturated heterocycles. The topological polar surface area (TPSA) is 72.3 Å². The minimum atomic E-state index is -0.955. The molecule has 2 aromatic carbocycles. The van der Waals surface area contributed by atoms with Gasteiger partial charge < -0.3 is 9.26 Å². The first-order valence-corrected chi connectivity index (χ1v) is 10.6. The van der Waals surface area contributed by atoms with Gasteiger partial charge in [-0.2, -0.15) is 0 Å². The molecule has 1 unspecified atom stereocenters. The van der Waals surface area contributed by atoms with Gasteiger partial charge in [-0.05, 0) is 49.2 Å². The van der Waals surface area contributed by atoms with E-state index in [4.69, 9.17) is 9.26 Å². The summed E-state index contributed by atoms with van der Waals surface area (Å²) in [6.07, 6.45) is 5.68. The molecule has 3 aromatic rings. The number of nitrogens with zero attached hydrogens (tertiary/aromatic N) is 4. The van der Waals surface area contributed by atoms with E-state index in [2.05, 4.69) is 20.1 Å². The second-order valence-electron chi connectivity index (χ2n) is 7.74. The summed E-state index contributed by atoms with van der Waals surface area (Å²) in [5, 5.41) is 4.17. The summed E-state index contributed by atoms with van der Waals surface area (Å²) in [4.78, 5) is 13.4. The Hall–Kier alpha value is -3.94. The van der Waals surface area contributed by atoms with Crippen LogP contribution in [0.25, 0.3) is 11.3 Å². The van der Waals surface area contributed by atoms with Crippen molar-refractivity contribution in [2.75, 3.05) is 7.11 Å². The molecule has 166 valence electrons. The van der Waals surface area contributed by atoms with Crippen LogP contribution in [0.15, 0.2) is 79.8 Å². The summed E-state index contributed by atoms with van der Waals surface area (Å²) in [6.45, 7) is 0. The number of ether oxygens (including phenoxy) is 1. The smallest absolute Gasteiger partial charge is 0.169 e. The van der Waals surface area contributed by atoms with Gasteiger partial charge in [-0.25, -0.2) is 18.8 Å². The fraction of sp³-hybridized carbons (Fsp3) is 0.200. The number of rotatable bonds is 5. The maximum atomic E-state index is 14.2. The lowest BCUT2D eigenvalue weighted by atomic mass is 10.0. The molecule has 0 radical (unpaired) electrons. The molecule has 1 aromatic heterocycles. The molecule has 8 heteroatoms. The summed E-state index contributed by atoms with van der Waals surface area (Å²) in [6, 6.07) is 13.5. The average molecular weight is 446 g/mol. The predicted octanol–water partition coefficient (Wildman–Crippen LogP) is 5.19. The highest BCUT2D eigenvalue weighted by atomic mass is 19.2. The number of halogens is 2. The Morgan fingerprint density at radius 1 is 1.09 bits per heavy atom. The molecular formula is C25H20F2N4O2. The van der Waals surface area contributed by atoms with E-state index in [-0.39, 0.29) is 17.4 Å². The van der Waals surface area contributed by atoms with Gasteiger partial charge in [0.05, 0.1) is 24.4 Å². The summed E-state index contributed by atoms with van der Waals surface area (Å²) < 4.78 is 38.5. The Morgan fingerprint density at radius 2 is 1.94 bits per heavy atom. The Kier molecular flexibility index (Phi) is 5.64. The number of amidine groups is 1. The molecule has 2 aliphatic heterocycles. The van der Waals surface area contributed by atoms with E-state index >= 15 is 0 Å². The van der Waals surface area contributed by atoms with Crippen molar-refractivity contribution < 1.29 is 18.0 Å². The van der Waals surface area contributed by atoms with Crippen molar-refractivity contribution in [3.05, 3.63) is 83.3 Å². The zero-order valence-corrected chi connectivity index (χ0v) is 17.8. The van der Waals surface area contributed by atoms with Gasteiger partial charge in [-0.3, -0.25) is 4.99 Å². The lowest BCUT2D eigenvalue weighted by molar-refractivity contribution is 0.374. The van der Waals surface area contributed by atoms with E-state index in [1.54, 1.807) is 13.3 Å². The van der Waals surface area contributed by atoms with Gasteiger partial charge in [0.25, 0.3) is 0 Å². The molecule has 0 spiro atoms. The van der Waals surface area contributed by atoms with Crippen LogP contribution in [0.3, 0.4) is 0 Å². The van der Waals surface area contributed by atoms with Gasteiger partial charge in [0, 0.05) is 24.3 Å². The number of benzene rings is 2. The number of allylic oxidation sites excluding steroid dienone is 2. The molecule has 0 saturated carbocycles. The number of aromatic nitrogens is 1. The summed E-state index contributed by atoms with van der Waals surface area (Å²) in [7, 11) is 1.63. The molecule has 6 nitrogen and oxygen atoms in total. The monoisotopic (exact) mass is 446 g/mol. The van der Waals surface area contributed by atoms with Crippen LogP contribution >= 0.6 is 0 Å². The Bertz CT molecular complexity index is 1310. The van der Waals surface area contributed by atoms with E-state index in [1.165, 1.54) is 12.1 Å². The molecule has 33 heavy (non-hydrogen) atoms. The molecule has 0 bridgehead atoms. The largest absolute Gasteiger partial charge is 0.497 e. The number of fused-ring (bicyclic) bond motifs is 1. The first kappa shape index (κ1) is 20.9. The van der Waals surface area contributed by atoms with E-state index in [1.807, 2.05) is 36.4 Å². The van der Waals surface area contributed by atoms with Gasteiger partial charge in [0.2, 0.25) is 0 Å². The van der Waals surface area contributed by atoms with Gasteiger partial charge in [0.15, 0.2) is 17.5 Å². The van der Waals surface area contributed by atoms with Crippen LogP contribution in [0.5, 0.6) is 5.75 Å². The van der Waals surface area contributed by atoms with E-state index < -0.39 is 11.6 Å². The fourth-order valence-corrected chi connectivity index (χ4v) is 3.77. The van der Waals surface area contributed by atoms with Crippen LogP contribution in [0.4, 0.5) is 8.78 Å². The van der Waals surface area contributed by atoms with Crippen LogP contribution in [0.2, 0.25) is 0 Å². The highest BCUT2D eigenvalue weighted by Crippen LogP contribution is 2.25. The molecule has 0 amide bonds. The van der Waals surface area contributed by atoms with Crippen molar-refractivity contribution in [3.63, 3.8) is 0 Å². The molecule has 2 aliphatic rings. The highest BCUT2D eigenvalue weighted by Gasteiger charge is 2.22. The third kappa shape index (κ3) is 4.37. The van der Waals surface area contributed by atoms with Crippen molar-refractivity contribution in [3.8, 4) is 17.0 Å². The highest BCUT2D eigenvalue weighted by molar-refractivity contribution is 6.43. The van der Waals surface area contributed by atoms with Crippen molar-refractivity contribution >= 4 is 17.8 Å². The number of hydrogen-bond acceptors (Lipinski definition) is 6. The van der Waals surface area contributed by atoms with Gasteiger partial charge in [0.1, 0.15) is 22.9 Å². The number of hydrogen-bond donors (Lipinski definition) is 0. The molecular weight excluding hydrogens is 426 g/mol. The van der Waals surface area contributed by atoms with Gasteiger partial charge in [-0.1, -0.05) is 17.3 Å². The van der Waals surface area contributed by atoms with Crippen LogP contribution < -0.4 is 4.74 Å². The molecule has 3 heterocycles. The molecule has 0 aliphatic carbocycles. The zero-order valence-electron chi connectivity index (χ0n) is 17.8. The van der Waals surface area contributed by atoms with Crippen LogP contribution in [-0.4, -0.2) is 36.1 Å². The summed E-state index contributed by atoms with van der Waals surface area (Å²) >= 11 is 0. The zero-order chi connectivity index (χ0) is 22.8. The average Bonchev–Trinajstić information content (AvgIpc) is 3.44. The maximum Gasteiger partial charge on any atom is 0.169 e. The third-order valence-corrected chi connectivity index (χ3v) is 5.53. The Balaban J connectivity index is 1.31. The summed E-state index contributed by atoms with van der Waals surface area (Å²) in [5.41, 5.74) is 2.88. The molecule has 1 atom stereocenters. The standard InChI is InChI=1S/C25H20F2N4O2/c1-32-17-10-8-15(9-11-17)22-13-18(33-31-22)12-16-4-2-7-21-23(14-28-16)30-25(29-21)19-5-3-6-20(26)24(19)27/h3,5-11,13-14,16H,2,4,12H2,1H3/b21-7+,28-14?. The fourth-order valence-electron chi connectivity index (χ4n) is 3.77. The molecule has 0 fully saturated rings. The SMILES string of the molecule is COc1ccc(-c2cc(CC3CC/C=C4/N=C(c5cccc(F)c5F)N=C4C=N3)on2)cc1. The van der Waals surface area contributed by atoms with E-state index in [0.717, 1.165) is 41.7 Å². The van der Waals surface area contributed by atoms with Crippen LogP contribution in [0.1, 0.15) is 24.2 Å². The van der Waals surface area contributed by atoms with Crippen molar-refractivity contribution in [1.82, 2.24) is 5.16 Å². The van der Waals surface area contributed by atoms with E-state index in [0.29, 0.717) is 17.8 Å². The minimum Gasteiger partial charge on any atom is -0.497 e. The summed E-state index contributed by atoms with van der Waals surface area (Å²) in [5.74, 6) is -0.218. The van der Waals surface area contributed by atoms with Crippen molar-refractivity contribution in [2.45, 2.75) is 25.3 Å². The molecule has 0 N–H and O–H groups in total. The normalized spacial score (nSPS) is 19.1. The number of methoxy groups -OCH3 is 1. The lowest BCUT2D eigenvalue weighted by Gasteiger charge is -2.11. The van der Waals surface area contributed by atoms with Crippen molar-refractivity contribution in [2.24, 2.45) is 15.0 Å². The minimum absolute atomic E-state index is 0.0304. The first-order valence-electron chi connectivity index (χ1n) is 10.6. The van der Waals surface area contributed by atoms with Crippen molar-refractivity contribution in [1.29, 1.82) is 0 Å². The van der Waals surface area contributed by atoms with Crippen LogP contribution in [-0.2, 0) is 6.42 Å². The molecule has 5 rings (SSSR count). The van der Waals surface area contributed by atoms with E-state index in [9.17, 15) is 8.78 Å². The van der Waals surface area contributed by atoms with Gasteiger partial charge in [-0.15, -0.1) is 0 Å². The Morgan fingerprint density at radius 3 is 2.76 bits per heavy atom. The lowest BCUT2D eigenvalue weighted by Crippen LogP contribution is -2.13. The van der Waals surface area contributed by atoms with Crippen LogP contribution in [0, 0.1) is 11.6 Å². The first-order chi connectivity index (χ1) is 16.1. The quantitative estimate of drug-likeness (QED) is 0.542. The Labute approximate surface area is 189 Å². The van der Waals surface area contributed by atoms with Gasteiger partial charge >= 0.3 is 0 Å². The number of aliphatic imine (C=N–C) groups is 3. The predicted molar refractivity (Wildman–Crippen MR) is 122 cm³/mol. The second-order valence-corrected chi connectivity index (χ2v) is 7.74. The maximum absolute atomic E-state index is 14.2. The second kappa shape index (κ2) is 8.90. The third-order valence-electron chi connectivity index (χ3n) is 5.53.